The van der Waals surface area contributed by atoms with Crippen LogP contribution in [0, 0.1) is 32.6 Å². The van der Waals surface area contributed by atoms with Crippen LogP contribution in [0.3, 0.4) is 0 Å². The first-order valence-electron chi connectivity index (χ1n) is 9.56. The molecule has 1 aliphatic carbocycles. The van der Waals surface area contributed by atoms with Gasteiger partial charge >= 0.3 is 5.97 Å². The van der Waals surface area contributed by atoms with Crippen LogP contribution in [0.15, 0.2) is 12.1 Å². The zero-order valence-corrected chi connectivity index (χ0v) is 17.3. The molecule has 1 aromatic rings. The van der Waals surface area contributed by atoms with E-state index in [0.717, 1.165) is 48.8 Å². The third kappa shape index (κ3) is 5.14. The lowest BCUT2D eigenvalue weighted by Crippen LogP contribution is -2.36. The van der Waals surface area contributed by atoms with Gasteiger partial charge in [0, 0.05) is 11.2 Å². The number of benzene rings is 1. The Balaban J connectivity index is 2.10. The van der Waals surface area contributed by atoms with Crippen LogP contribution in [0.1, 0.15) is 65.6 Å². The van der Waals surface area contributed by atoms with Crippen molar-refractivity contribution in [2.75, 3.05) is 0 Å². The van der Waals surface area contributed by atoms with Gasteiger partial charge in [-0.2, -0.15) is 0 Å². The van der Waals surface area contributed by atoms with Crippen molar-refractivity contribution in [1.29, 1.82) is 0 Å². The van der Waals surface area contributed by atoms with Gasteiger partial charge in [-0.1, -0.05) is 43.4 Å². The van der Waals surface area contributed by atoms with E-state index >= 15 is 0 Å². The highest BCUT2D eigenvalue weighted by Gasteiger charge is 2.31. The molecular formula is C21H32NO3P. The second kappa shape index (κ2) is 9.10. The molecule has 0 amide bonds. The summed E-state index contributed by atoms with van der Waals surface area (Å²) >= 11 is 0. The minimum Gasteiger partial charge on any atom is -0.480 e. The first kappa shape index (κ1) is 21.1. The molecule has 0 aliphatic heterocycles. The van der Waals surface area contributed by atoms with Crippen LogP contribution in [0.2, 0.25) is 0 Å². The van der Waals surface area contributed by atoms with Gasteiger partial charge in [0.1, 0.15) is 6.04 Å². The van der Waals surface area contributed by atoms with Crippen LogP contribution in [0.25, 0.3) is 0 Å². The van der Waals surface area contributed by atoms with Gasteiger partial charge in [0.25, 0.3) is 0 Å². The highest BCUT2D eigenvalue weighted by molar-refractivity contribution is 7.19. The third-order valence-corrected chi connectivity index (χ3v) is 6.33. The average Bonchev–Trinajstić information content (AvgIpc) is 2.55. The highest BCUT2D eigenvalue weighted by atomic mass is 31.0. The van der Waals surface area contributed by atoms with E-state index in [4.69, 9.17) is 10.8 Å². The molecule has 26 heavy (non-hydrogen) atoms. The van der Waals surface area contributed by atoms with E-state index in [1.54, 1.807) is 0 Å². The fraction of sp³-hybridized carbons (Fsp3) is 0.619. The summed E-state index contributed by atoms with van der Waals surface area (Å²) in [5.41, 5.74) is 9.72. The minimum absolute atomic E-state index is 0.137. The Bertz CT molecular complexity index is 650. The van der Waals surface area contributed by atoms with Crippen molar-refractivity contribution < 1.29 is 14.7 Å². The molecule has 3 N–H and O–H groups in total. The lowest BCUT2D eigenvalue weighted by Gasteiger charge is -2.34. The van der Waals surface area contributed by atoms with E-state index < -0.39 is 12.0 Å². The Morgan fingerprint density at radius 3 is 2.12 bits per heavy atom. The van der Waals surface area contributed by atoms with Gasteiger partial charge in [-0.3, -0.25) is 9.59 Å². The topological polar surface area (TPSA) is 80.4 Å². The number of carboxylic acid groups (broad SMARTS) is 1. The number of hydrogen-bond donors (Lipinski definition) is 2. The Morgan fingerprint density at radius 2 is 1.62 bits per heavy atom. The van der Waals surface area contributed by atoms with Crippen LogP contribution in [-0.2, 0) is 4.79 Å². The quantitative estimate of drug-likeness (QED) is 0.555. The average molecular weight is 377 g/mol. The molecule has 1 aliphatic rings. The van der Waals surface area contributed by atoms with E-state index in [0.29, 0.717) is 18.3 Å². The number of rotatable bonds is 7. The molecule has 0 saturated heterocycles. The summed E-state index contributed by atoms with van der Waals surface area (Å²) in [7, 11) is 2.73. The molecule has 0 bridgehead atoms. The maximum absolute atomic E-state index is 13.1. The van der Waals surface area contributed by atoms with E-state index in [1.807, 2.05) is 20.8 Å². The molecule has 2 rings (SSSR count). The Morgan fingerprint density at radius 1 is 1.12 bits per heavy atom. The smallest absolute Gasteiger partial charge is 0.320 e. The number of Topliss-reactive ketones (excluding diaryl/α,β-unsaturated/α-hetero) is 1. The van der Waals surface area contributed by atoms with Crippen molar-refractivity contribution in [3.63, 3.8) is 0 Å². The van der Waals surface area contributed by atoms with Crippen molar-refractivity contribution in [3.8, 4) is 0 Å². The number of hydrogen-bond acceptors (Lipinski definition) is 3. The molecule has 0 spiro atoms. The maximum atomic E-state index is 13.1. The highest BCUT2D eigenvalue weighted by Crippen LogP contribution is 2.38. The van der Waals surface area contributed by atoms with Crippen molar-refractivity contribution in [2.24, 2.45) is 17.6 Å². The summed E-state index contributed by atoms with van der Waals surface area (Å²) in [5.74, 6) is -0.0897. The fourth-order valence-electron chi connectivity index (χ4n) is 4.52. The van der Waals surface area contributed by atoms with E-state index in [1.165, 1.54) is 5.56 Å². The van der Waals surface area contributed by atoms with Crippen LogP contribution in [-0.4, -0.2) is 28.6 Å². The molecule has 5 atom stereocenters. The van der Waals surface area contributed by atoms with Crippen LogP contribution < -0.4 is 5.73 Å². The standard InChI is InChI=1S/C21H32NO3P/c1-12-8-13(2)19(14(3)9-12)20(23)18(26)11-16-7-5-4-6-15(16)10-17(22)21(24)25/h8-9,15-18H,4-7,10-11,22,26H2,1-3H3,(H,24,25). The van der Waals surface area contributed by atoms with Crippen molar-refractivity contribution >= 4 is 21.0 Å². The molecule has 5 unspecified atom stereocenters. The van der Waals surface area contributed by atoms with Gasteiger partial charge in [0.2, 0.25) is 0 Å². The molecule has 1 aromatic carbocycles. The van der Waals surface area contributed by atoms with E-state index in [-0.39, 0.29) is 11.4 Å². The number of ketones is 1. The summed E-state index contributed by atoms with van der Waals surface area (Å²) in [6.45, 7) is 6.05. The zero-order valence-electron chi connectivity index (χ0n) is 16.1. The second-order valence-electron chi connectivity index (χ2n) is 7.97. The molecular weight excluding hydrogens is 345 g/mol. The monoisotopic (exact) mass is 377 g/mol. The summed E-state index contributed by atoms with van der Waals surface area (Å²) in [6, 6.07) is 3.32. The molecule has 144 valence electrons. The maximum Gasteiger partial charge on any atom is 0.320 e. The Hall–Kier alpha value is -1.25. The number of nitrogens with two attached hydrogens (primary N) is 1. The van der Waals surface area contributed by atoms with Crippen molar-refractivity contribution in [3.05, 3.63) is 34.4 Å². The summed E-state index contributed by atoms with van der Waals surface area (Å²) in [6.07, 6.45) is 5.64. The van der Waals surface area contributed by atoms with E-state index in [9.17, 15) is 9.59 Å². The Labute approximate surface area is 159 Å². The third-order valence-electron chi connectivity index (χ3n) is 5.76. The lowest BCUT2D eigenvalue weighted by molar-refractivity contribution is -0.139. The molecule has 5 heteroatoms. The van der Waals surface area contributed by atoms with Crippen LogP contribution in [0.5, 0.6) is 0 Å². The van der Waals surface area contributed by atoms with Crippen LogP contribution in [0.4, 0.5) is 0 Å². The first-order chi connectivity index (χ1) is 12.2. The minimum atomic E-state index is -0.932. The largest absolute Gasteiger partial charge is 0.480 e. The van der Waals surface area contributed by atoms with E-state index in [2.05, 4.69) is 21.4 Å². The van der Waals surface area contributed by atoms with Gasteiger partial charge < -0.3 is 10.8 Å². The number of carboxylic acids is 1. The number of carbonyl (C=O) groups excluding carboxylic acids is 1. The van der Waals surface area contributed by atoms with Gasteiger partial charge in [0.15, 0.2) is 5.78 Å². The number of aliphatic carboxylic acids is 1. The molecule has 0 heterocycles. The zero-order chi connectivity index (χ0) is 19.4. The van der Waals surface area contributed by atoms with Gasteiger partial charge in [-0.15, -0.1) is 9.24 Å². The molecule has 4 nitrogen and oxygen atoms in total. The molecule has 0 aromatic heterocycles. The molecule has 1 saturated carbocycles. The first-order valence-corrected chi connectivity index (χ1v) is 10.2. The second-order valence-corrected chi connectivity index (χ2v) is 8.77. The van der Waals surface area contributed by atoms with Crippen molar-refractivity contribution in [2.45, 2.75) is 71.0 Å². The predicted molar refractivity (Wildman–Crippen MR) is 109 cm³/mol. The number of carbonyl (C=O) groups is 2. The van der Waals surface area contributed by atoms with Crippen molar-refractivity contribution in [1.82, 2.24) is 0 Å². The van der Waals surface area contributed by atoms with Gasteiger partial charge in [-0.05, 0) is 56.6 Å². The molecule has 0 radical (unpaired) electrons. The SMILES string of the molecule is Cc1cc(C)c(C(=O)C(P)CC2CCCCC2CC(N)C(=O)O)c(C)c1. The lowest BCUT2D eigenvalue weighted by atomic mass is 9.73. The summed E-state index contributed by atoms with van der Waals surface area (Å²) in [4.78, 5) is 24.2. The predicted octanol–water partition coefficient (Wildman–Crippen LogP) is 4.04. The summed E-state index contributed by atoms with van der Waals surface area (Å²) in [5, 5.41) is 9.12. The Kier molecular flexibility index (Phi) is 7.37. The fourth-order valence-corrected chi connectivity index (χ4v) is 5.04. The van der Waals surface area contributed by atoms with Crippen LogP contribution >= 0.6 is 9.24 Å². The van der Waals surface area contributed by atoms with Gasteiger partial charge in [0.05, 0.1) is 0 Å². The summed E-state index contributed by atoms with van der Waals surface area (Å²) < 4.78 is 0. The number of aryl methyl sites for hydroxylation is 3. The normalized spacial score (nSPS) is 22.7. The molecule has 1 fully saturated rings. The van der Waals surface area contributed by atoms with Gasteiger partial charge in [-0.25, -0.2) is 0 Å².